The highest BCUT2D eigenvalue weighted by Crippen LogP contribution is 2.21. The van der Waals surface area contributed by atoms with Crippen LogP contribution in [0.3, 0.4) is 0 Å². The number of thiophene rings is 1. The third-order valence-corrected chi connectivity index (χ3v) is 5.70. The highest BCUT2D eigenvalue weighted by Gasteiger charge is 2.32. The van der Waals surface area contributed by atoms with E-state index in [1.54, 1.807) is 0 Å². The van der Waals surface area contributed by atoms with Gasteiger partial charge in [-0.2, -0.15) is 0 Å². The predicted molar refractivity (Wildman–Crippen MR) is 94.2 cm³/mol. The Hall–Kier alpha value is -1.11. The number of hydrogen-bond donors (Lipinski definition) is 1. The van der Waals surface area contributed by atoms with E-state index in [0.717, 1.165) is 58.1 Å². The van der Waals surface area contributed by atoms with Crippen molar-refractivity contribution in [2.24, 2.45) is 4.99 Å². The molecule has 0 saturated carbocycles. The van der Waals surface area contributed by atoms with Crippen molar-refractivity contribution in [3.8, 4) is 0 Å². The van der Waals surface area contributed by atoms with Crippen molar-refractivity contribution in [3.05, 3.63) is 21.9 Å². The van der Waals surface area contributed by atoms with Crippen LogP contribution in [0, 0.1) is 0 Å². The summed E-state index contributed by atoms with van der Waals surface area (Å²) < 4.78 is 11.7. The predicted octanol–water partition coefficient (Wildman–Crippen LogP) is 2.27. The second-order valence-electron chi connectivity index (χ2n) is 6.03. The molecule has 3 heterocycles. The smallest absolute Gasteiger partial charge is 0.194 e. The zero-order chi connectivity index (χ0) is 16.1. The molecule has 2 unspecified atom stereocenters. The summed E-state index contributed by atoms with van der Waals surface area (Å²) in [6, 6.07) is 4.42. The van der Waals surface area contributed by atoms with Gasteiger partial charge >= 0.3 is 0 Å². The number of rotatable bonds is 4. The molecule has 5 nitrogen and oxygen atoms in total. The van der Waals surface area contributed by atoms with E-state index in [9.17, 15) is 0 Å². The average molecular weight is 337 g/mol. The van der Waals surface area contributed by atoms with Gasteiger partial charge in [-0.05, 0) is 31.4 Å². The Morgan fingerprint density at radius 2 is 2.13 bits per heavy atom. The summed E-state index contributed by atoms with van der Waals surface area (Å²) in [6.45, 7) is 6.38. The first-order chi connectivity index (χ1) is 11.3. The van der Waals surface area contributed by atoms with Crippen LogP contribution in [0.5, 0.6) is 0 Å². The molecule has 0 aromatic carbocycles. The lowest BCUT2D eigenvalue weighted by molar-refractivity contribution is -0.0817. The van der Waals surface area contributed by atoms with Crippen molar-refractivity contribution in [3.63, 3.8) is 0 Å². The van der Waals surface area contributed by atoms with Crippen LogP contribution in [-0.4, -0.2) is 56.4 Å². The lowest BCUT2D eigenvalue weighted by Gasteiger charge is -2.37. The maximum atomic E-state index is 5.92. The molecular formula is C17H27N3O2S. The van der Waals surface area contributed by atoms with Gasteiger partial charge in [-0.1, -0.05) is 6.92 Å². The third kappa shape index (κ3) is 4.25. The zero-order valence-corrected chi connectivity index (χ0v) is 14.9. The molecule has 0 aliphatic carbocycles. The second kappa shape index (κ2) is 8.13. The molecule has 3 rings (SSSR count). The molecule has 1 N–H and O–H groups in total. The first-order valence-electron chi connectivity index (χ1n) is 8.56. The number of aryl methyl sites for hydroxylation is 1. The first-order valence-corrected chi connectivity index (χ1v) is 9.38. The molecule has 0 amide bonds. The quantitative estimate of drug-likeness (QED) is 0.676. The van der Waals surface area contributed by atoms with Gasteiger partial charge in [0.15, 0.2) is 5.96 Å². The van der Waals surface area contributed by atoms with E-state index in [2.05, 4.69) is 34.3 Å². The molecule has 0 radical (unpaired) electrons. The van der Waals surface area contributed by atoms with E-state index >= 15 is 0 Å². The summed E-state index contributed by atoms with van der Waals surface area (Å²) in [7, 11) is 1.85. The van der Waals surface area contributed by atoms with Crippen molar-refractivity contribution in [1.82, 2.24) is 10.2 Å². The molecule has 2 saturated heterocycles. The maximum Gasteiger partial charge on any atom is 0.194 e. The molecule has 0 spiro atoms. The number of hydrogen-bond acceptors (Lipinski definition) is 4. The van der Waals surface area contributed by atoms with E-state index in [4.69, 9.17) is 9.47 Å². The Labute approximate surface area is 142 Å². The average Bonchev–Trinajstić information content (AvgIpc) is 3.27. The Morgan fingerprint density at radius 3 is 2.83 bits per heavy atom. The van der Waals surface area contributed by atoms with Gasteiger partial charge in [0, 0.05) is 36.5 Å². The summed E-state index contributed by atoms with van der Waals surface area (Å²) in [6.07, 6.45) is 3.78. The standard InChI is InChI=1S/C17H27N3O2S/c1-3-13-6-7-14(23-13)11-19-17(18-2)20-8-10-22-16(12-20)15-5-4-9-21-15/h6-7,15-16H,3-5,8-12H2,1-2H3,(H,18,19). The molecule has 1 aromatic heterocycles. The minimum Gasteiger partial charge on any atom is -0.375 e. The van der Waals surface area contributed by atoms with Crippen LogP contribution in [0.4, 0.5) is 0 Å². The van der Waals surface area contributed by atoms with Gasteiger partial charge in [0.2, 0.25) is 0 Å². The number of nitrogens with one attached hydrogen (secondary N) is 1. The highest BCUT2D eigenvalue weighted by atomic mass is 32.1. The molecule has 128 valence electrons. The number of aliphatic imine (C=N–C) groups is 1. The summed E-state index contributed by atoms with van der Waals surface area (Å²) in [5.74, 6) is 0.961. The number of ether oxygens (including phenoxy) is 2. The van der Waals surface area contributed by atoms with Gasteiger partial charge in [-0.15, -0.1) is 11.3 Å². The molecular weight excluding hydrogens is 310 g/mol. The summed E-state index contributed by atoms with van der Waals surface area (Å²) in [5, 5.41) is 3.49. The van der Waals surface area contributed by atoms with Gasteiger partial charge in [-0.3, -0.25) is 4.99 Å². The Bertz CT molecular complexity index is 526. The molecule has 6 heteroatoms. The van der Waals surface area contributed by atoms with Crippen molar-refractivity contribution in [1.29, 1.82) is 0 Å². The van der Waals surface area contributed by atoms with Crippen molar-refractivity contribution < 1.29 is 9.47 Å². The van der Waals surface area contributed by atoms with Gasteiger partial charge in [0.25, 0.3) is 0 Å². The van der Waals surface area contributed by atoms with Gasteiger partial charge in [-0.25, -0.2) is 0 Å². The lowest BCUT2D eigenvalue weighted by atomic mass is 10.1. The van der Waals surface area contributed by atoms with Crippen LogP contribution >= 0.6 is 11.3 Å². The van der Waals surface area contributed by atoms with Gasteiger partial charge in [0.1, 0.15) is 6.10 Å². The Kier molecular flexibility index (Phi) is 5.91. The molecule has 0 bridgehead atoms. The highest BCUT2D eigenvalue weighted by molar-refractivity contribution is 7.11. The van der Waals surface area contributed by atoms with E-state index in [-0.39, 0.29) is 12.2 Å². The van der Waals surface area contributed by atoms with Crippen LogP contribution in [-0.2, 0) is 22.4 Å². The normalized spacial score (nSPS) is 25.8. The van der Waals surface area contributed by atoms with E-state index in [1.807, 2.05) is 18.4 Å². The number of nitrogens with zero attached hydrogens (tertiary/aromatic N) is 2. The SMILES string of the molecule is CCc1ccc(CNC(=NC)N2CCOC(C3CCCO3)C2)s1. The minimum atomic E-state index is 0.165. The summed E-state index contributed by atoms with van der Waals surface area (Å²) >= 11 is 1.87. The largest absolute Gasteiger partial charge is 0.375 e. The molecule has 23 heavy (non-hydrogen) atoms. The van der Waals surface area contributed by atoms with Gasteiger partial charge < -0.3 is 19.7 Å². The zero-order valence-electron chi connectivity index (χ0n) is 14.1. The van der Waals surface area contributed by atoms with Crippen molar-refractivity contribution in [2.45, 2.75) is 44.9 Å². The molecule has 2 atom stereocenters. The molecule has 2 fully saturated rings. The fourth-order valence-electron chi connectivity index (χ4n) is 3.19. The monoisotopic (exact) mass is 337 g/mol. The minimum absolute atomic E-state index is 0.165. The topological polar surface area (TPSA) is 46.1 Å². The van der Waals surface area contributed by atoms with Crippen LogP contribution < -0.4 is 5.32 Å². The van der Waals surface area contributed by atoms with E-state index < -0.39 is 0 Å². The number of morpholine rings is 1. The maximum absolute atomic E-state index is 5.92. The fraction of sp³-hybridized carbons (Fsp3) is 0.706. The van der Waals surface area contributed by atoms with Crippen LogP contribution in [0.25, 0.3) is 0 Å². The number of guanidine groups is 1. The van der Waals surface area contributed by atoms with Crippen molar-refractivity contribution in [2.75, 3.05) is 33.4 Å². The fourth-order valence-corrected chi connectivity index (χ4v) is 4.09. The van der Waals surface area contributed by atoms with Crippen LogP contribution in [0.1, 0.15) is 29.5 Å². The van der Waals surface area contributed by atoms with Crippen molar-refractivity contribution >= 4 is 17.3 Å². The van der Waals surface area contributed by atoms with Gasteiger partial charge in [0.05, 0.1) is 19.3 Å². The van der Waals surface area contributed by atoms with Crippen LogP contribution in [0.2, 0.25) is 0 Å². The first kappa shape index (κ1) is 16.7. The molecule has 2 aliphatic rings. The second-order valence-corrected chi connectivity index (χ2v) is 7.28. The summed E-state index contributed by atoms with van der Waals surface area (Å²) in [5.41, 5.74) is 0. The molecule has 2 aliphatic heterocycles. The van der Waals surface area contributed by atoms with E-state index in [1.165, 1.54) is 9.75 Å². The van der Waals surface area contributed by atoms with E-state index in [0.29, 0.717) is 0 Å². The van der Waals surface area contributed by atoms with Crippen LogP contribution in [0.15, 0.2) is 17.1 Å². The third-order valence-electron chi connectivity index (χ3n) is 4.47. The Balaban J connectivity index is 1.54. The molecule has 1 aromatic rings. The summed E-state index contributed by atoms with van der Waals surface area (Å²) in [4.78, 5) is 9.54. The Morgan fingerprint density at radius 1 is 1.30 bits per heavy atom. The lowest BCUT2D eigenvalue weighted by Crippen LogP contribution is -2.53.